The number of aromatic carboxylic acids is 1. The molecule has 21 heavy (non-hydrogen) atoms. The number of halogens is 1. The van der Waals surface area contributed by atoms with Crippen molar-refractivity contribution in [2.45, 2.75) is 9.92 Å². The number of benzene rings is 1. The lowest BCUT2D eigenvalue weighted by molar-refractivity contribution is 0.0591. The van der Waals surface area contributed by atoms with Gasteiger partial charge in [0.05, 0.1) is 30.1 Å². The standard InChI is InChI=1S/C13H9ClN2O4S/c1-20-13(19)10-5-15-6-11(16-10)21-7-2-3-9(14)8(4-7)12(17)18/h2-6H,1H3,(H,17,18). The molecule has 0 saturated carbocycles. The second-order valence-corrected chi connectivity index (χ2v) is 5.28. The number of aromatic nitrogens is 2. The van der Waals surface area contributed by atoms with Crippen molar-refractivity contribution in [1.82, 2.24) is 9.97 Å². The highest BCUT2D eigenvalue weighted by Gasteiger charge is 2.12. The summed E-state index contributed by atoms with van der Waals surface area (Å²) in [6.07, 6.45) is 2.76. The van der Waals surface area contributed by atoms with Gasteiger partial charge in [0.25, 0.3) is 0 Å². The van der Waals surface area contributed by atoms with Crippen molar-refractivity contribution in [3.8, 4) is 0 Å². The van der Waals surface area contributed by atoms with Crippen molar-refractivity contribution < 1.29 is 19.4 Å². The van der Waals surface area contributed by atoms with E-state index < -0.39 is 11.9 Å². The van der Waals surface area contributed by atoms with Gasteiger partial charge in [-0.25, -0.2) is 14.6 Å². The first-order valence-electron chi connectivity index (χ1n) is 5.62. The minimum atomic E-state index is -1.11. The Labute approximate surface area is 129 Å². The topological polar surface area (TPSA) is 89.4 Å². The summed E-state index contributed by atoms with van der Waals surface area (Å²) in [5, 5.41) is 9.62. The molecular formula is C13H9ClN2O4S. The average Bonchev–Trinajstić information content (AvgIpc) is 2.48. The van der Waals surface area contributed by atoms with Gasteiger partial charge in [-0.1, -0.05) is 23.4 Å². The van der Waals surface area contributed by atoms with E-state index in [0.717, 1.165) is 0 Å². The van der Waals surface area contributed by atoms with Crippen LogP contribution in [0.4, 0.5) is 0 Å². The molecule has 0 saturated heterocycles. The third-order valence-corrected chi connectivity index (χ3v) is 3.62. The molecule has 0 aliphatic carbocycles. The molecule has 0 fully saturated rings. The monoisotopic (exact) mass is 324 g/mol. The van der Waals surface area contributed by atoms with E-state index >= 15 is 0 Å². The number of carboxylic acids is 1. The normalized spacial score (nSPS) is 10.2. The number of hydrogen-bond acceptors (Lipinski definition) is 6. The molecule has 0 atom stereocenters. The first-order valence-corrected chi connectivity index (χ1v) is 6.81. The zero-order valence-corrected chi connectivity index (χ0v) is 12.3. The number of ether oxygens (including phenoxy) is 1. The lowest BCUT2D eigenvalue weighted by Gasteiger charge is -2.05. The highest BCUT2D eigenvalue weighted by molar-refractivity contribution is 7.99. The maximum absolute atomic E-state index is 11.4. The van der Waals surface area contributed by atoms with E-state index in [9.17, 15) is 9.59 Å². The van der Waals surface area contributed by atoms with E-state index in [2.05, 4.69) is 14.7 Å². The maximum Gasteiger partial charge on any atom is 0.358 e. The molecule has 2 rings (SSSR count). The number of methoxy groups -OCH3 is 1. The van der Waals surface area contributed by atoms with Crippen LogP contribution >= 0.6 is 23.4 Å². The quantitative estimate of drug-likeness (QED) is 0.865. The van der Waals surface area contributed by atoms with E-state index in [1.165, 1.54) is 43.4 Å². The van der Waals surface area contributed by atoms with Crippen molar-refractivity contribution in [3.05, 3.63) is 46.9 Å². The van der Waals surface area contributed by atoms with Crippen LogP contribution in [0.5, 0.6) is 0 Å². The number of esters is 1. The zero-order valence-electron chi connectivity index (χ0n) is 10.7. The summed E-state index contributed by atoms with van der Waals surface area (Å²) in [5.74, 6) is -1.70. The molecule has 0 spiro atoms. The summed E-state index contributed by atoms with van der Waals surface area (Å²) in [6, 6.07) is 4.58. The molecule has 0 amide bonds. The van der Waals surface area contributed by atoms with Crippen LogP contribution in [-0.2, 0) is 4.74 Å². The predicted octanol–water partition coefficient (Wildman–Crippen LogP) is 2.77. The minimum Gasteiger partial charge on any atom is -0.478 e. The molecule has 1 aromatic heterocycles. The third kappa shape index (κ3) is 3.71. The molecule has 0 unspecified atom stereocenters. The molecule has 0 aliphatic heterocycles. The molecule has 0 radical (unpaired) electrons. The molecule has 0 aliphatic rings. The second kappa shape index (κ2) is 6.55. The first kappa shape index (κ1) is 15.3. The number of hydrogen-bond donors (Lipinski definition) is 1. The van der Waals surface area contributed by atoms with Crippen LogP contribution < -0.4 is 0 Å². The van der Waals surface area contributed by atoms with Gasteiger partial charge in [0, 0.05) is 4.90 Å². The van der Waals surface area contributed by atoms with Crippen molar-refractivity contribution in [2.24, 2.45) is 0 Å². The number of carbonyl (C=O) groups excluding carboxylic acids is 1. The van der Waals surface area contributed by atoms with Crippen molar-refractivity contribution >= 4 is 35.3 Å². The van der Waals surface area contributed by atoms with E-state index in [4.69, 9.17) is 16.7 Å². The Morgan fingerprint density at radius 3 is 2.76 bits per heavy atom. The summed E-state index contributed by atoms with van der Waals surface area (Å²) < 4.78 is 4.56. The van der Waals surface area contributed by atoms with E-state index in [0.29, 0.717) is 9.92 Å². The smallest absolute Gasteiger partial charge is 0.358 e. The van der Waals surface area contributed by atoms with Crippen LogP contribution in [0.1, 0.15) is 20.8 Å². The van der Waals surface area contributed by atoms with Crippen LogP contribution in [0.3, 0.4) is 0 Å². The molecule has 1 heterocycles. The van der Waals surface area contributed by atoms with E-state index in [-0.39, 0.29) is 16.3 Å². The third-order valence-electron chi connectivity index (χ3n) is 2.40. The largest absolute Gasteiger partial charge is 0.478 e. The van der Waals surface area contributed by atoms with Gasteiger partial charge in [0.2, 0.25) is 0 Å². The minimum absolute atomic E-state index is 0.00116. The SMILES string of the molecule is COC(=O)c1cncc(Sc2ccc(Cl)c(C(=O)O)c2)n1. The predicted molar refractivity (Wildman–Crippen MR) is 75.9 cm³/mol. The Morgan fingerprint density at radius 2 is 2.10 bits per heavy atom. The molecule has 2 aromatic rings. The van der Waals surface area contributed by atoms with Crippen molar-refractivity contribution in [2.75, 3.05) is 7.11 Å². The fourth-order valence-corrected chi connectivity index (χ4v) is 2.46. The summed E-state index contributed by atoms with van der Waals surface area (Å²) in [4.78, 5) is 31.0. The van der Waals surface area contributed by atoms with Crippen LogP contribution in [-0.4, -0.2) is 34.1 Å². The van der Waals surface area contributed by atoms with Crippen molar-refractivity contribution in [1.29, 1.82) is 0 Å². The average molecular weight is 325 g/mol. The van der Waals surface area contributed by atoms with Crippen LogP contribution in [0, 0.1) is 0 Å². The Hall–Kier alpha value is -2.12. The van der Waals surface area contributed by atoms with Gasteiger partial charge in [0.15, 0.2) is 5.69 Å². The second-order valence-electron chi connectivity index (χ2n) is 3.78. The summed E-state index contributed by atoms with van der Waals surface area (Å²) in [5.41, 5.74) is 0.0775. The fraction of sp³-hybridized carbons (Fsp3) is 0.0769. The Kier molecular flexibility index (Phi) is 4.77. The molecule has 1 N–H and O–H groups in total. The van der Waals surface area contributed by atoms with Crippen molar-refractivity contribution in [3.63, 3.8) is 0 Å². The lowest BCUT2D eigenvalue weighted by atomic mass is 10.2. The van der Waals surface area contributed by atoms with Gasteiger partial charge in [-0.2, -0.15) is 0 Å². The molecule has 8 heteroatoms. The highest BCUT2D eigenvalue weighted by Crippen LogP contribution is 2.29. The van der Waals surface area contributed by atoms with Crippen LogP contribution in [0.2, 0.25) is 5.02 Å². The fourth-order valence-electron chi connectivity index (χ4n) is 1.45. The van der Waals surface area contributed by atoms with Gasteiger partial charge in [0.1, 0.15) is 5.03 Å². The molecular weight excluding hydrogens is 316 g/mol. The Bertz CT molecular complexity index is 708. The van der Waals surface area contributed by atoms with Gasteiger partial charge in [-0.3, -0.25) is 4.98 Å². The summed E-state index contributed by atoms with van der Waals surface area (Å²) >= 11 is 6.97. The number of carbonyl (C=O) groups is 2. The number of nitrogens with zero attached hydrogens (tertiary/aromatic N) is 2. The molecule has 1 aromatic carbocycles. The zero-order chi connectivity index (χ0) is 15.4. The molecule has 108 valence electrons. The van der Waals surface area contributed by atoms with E-state index in [1.807, 2.05) is 0 Å². The van der Waals surface area contributed by atoms with Gasteiger partial charge in [-0.15, -0.1) is 0 Å². The lowest BCUT2D eigenvalue weighted by Crippen LogP contribution is -2.05. The maximum atomic E-state index is 11.4. The van der Waals surface area contributed by atoms with Gasteiger partial charge >= 0.3 is 11.9 Å². The number of carboxylic acid groups (broad SMARTS) is 1. The van der Waals surface area contributed by atoms with Crippen LogP contribution in [0.25, 0.3) is 0 Å². The Morgan fingerprint density at radius 1 is 1.33 bits per heavy atom. The first-order chi connectivity index (χ1) is 10.0. The summed E-state index contributed by atoms with van der Waals surface area (Å²) in [6.45, 7) is 0. The number of rotatable bonds is 4. The van der Waals surface area contributed by atoms with Gasteiger partial charge < -0.3 is 9.84 Å². The summed E-state index contributed by atoms with van der Waals surface area (Å²) in [7, 11) is 1.25. The molecule has 6 nitrogen and oxygen atoms in total. The molecule has 0 bridgehead atoms. The van der Waals surface area contributed by atoms with Gasteiger partial charge in [-0.05, 0) is 18.2 Å². The van der Waals surface area contributed by atoms with Crippen LogP contribution in [0.15, 0.2) is 40.5 Å². The Balaban J connectivity index is 2.28. The highest BCUT2D eigenvalue weighted by atomic mass is 35.5. The van der Waals surface area contributed by atoms with E-state index in [1.54, 1.807) is 6.07 Å².